The Morgan fingerprint density at radius 2 is 1.62 bits per heavy atom. The molecule has 2 saturated heterocycles. The third-order valence-electron chi connectivity index (χ3n) is 11.4. The van der Waals surface area contributed by atoms with Crippen molar-refractivity contribution in [2.75, 3.05) is 18.6 Å². The minimum atomic E-state index is -4.74. The van der Waals surface area contributed by atoms with Crippen LogP contribution in [0.3, 0.4) is 0 Å². The van der Waals surface area contributed by atoms with Crippen molar-refractivity contribution in [1.29, 1.82) is 0 Å². The molecule has 15 heteroatoms. The van der Waals surface area contributed by atoms with Gasteiger partial charge in [0.05, 0.1) is 46.9 Å². The first-order valence-electron chi connectivity index (χ1n) is 17.9. The number of rotatable bonds is 9. The lowest BCUT2D eigenvalue weighted by atomic mass is 9.49. The number of amides is 4. The summed E-state index contributed by atoms with van der Waals surface area (Å²) >= 11 is 12.6. The largest absolute Gasteiger partial charge is 0.491 e. The number of hydrogen-bond acceptors (Lipinski definition) is 8. The van der Waals surface area contributed by atoms with Crippen LogP contribution in [0.15, 0.2) is 103 Å². The fraction of sp³-hybridized carbons (Fsp3) is 0.293. The van der Waals surface area contributed by atoms with Crippen molar-refractivity contribution >= 4 is 52.6 Å². The van der Waals surface area contributed by atoms with Crippen molar-refractivity contribution in [2.24, 2.45) is 23.7 Å². The predicted octanol–water partition coefficient (Wildman–Crippen LogP) is 6.96. The van der Waals surface area contributed by atoms with Gasteiger partial charge in [-0.15, -0.1) is 0 Å². The Morgan fingerprint density at radius 3 is 2.29 bits per heavy atom. The molecule has 4 aromatic rings. The van der Waals surface area contributed by atoms with Crippen molar-refractivity contribution < 1.29 is 42.2 Å². The molecule has 56 heavy (non-hydrogen) atoms. The van der Waals surface area contributed by atoms with Crippen molar-refractivity contribution in [3.05, 3.63) is 135 Å². The normalized spacial score (nSPS) is 25.8. The van der Waals surface area contributed by atoms with Gasteiger partial charge >= 0.3 is 6.18 Å². The van der Waals surface area contributed by atoms with Gasteiger partial charge in [0.1, 0.15) is 12.4 Å². The number of aliphatic hydroxyl groups is 1. The van der Waals surface area contributed by atoms with Crippen molar-refractivity contribution in [3.63, 3.8) is 0 Å². The number of aliphatic hydroxyl groups excluding tert-OH is 1. The van der Waals surface area contributed by atoms with Gasteiger partial charge in [-0.2, -0.15) is 18.2 Å². The van der Waals surface area contributed by atoms with Gasteiger partial charge in [0, 0.05) is 17.1 Å². The van der Waals surface area contributed by atoms with Crippen LogP contribution in [0.25, 0.3) is 0 Å². The first-order chi connectivity index (χ1) is 26.8. The number of alkyl halides is 3. The fourth-order valence-corrected chi connectivity index (χ4v) is 9.40. The quantitative estimate of drug-likeness (QED) is 0.137. The average Bonchev–Trinajstić information content (AvgIpc) is 3.55. The van der Waals surface area contributed by atoms with E-state index >= 15 is 4.79 Å². The number of allylic oxidation sites excluding steroid dienone is 2. The van der Waals surface area contributed by atoms with Crippen molar-refractivity contribution in [1.82, 2.24) is 14.9 Å². The van der Waals surface area contributed by atoms with Crippen LogP contribution in [-0.4, -0.2) is 56.8 Å². The molecule has 0 unspecified atom stereocenters. The summed E-state index contributed by atoms with van der Waals surface area (Å²) in [6, 6.07) is 23.2. The maximum atomic E-state index is 15.3. The fourth-order valence-electron chi connectivity index (χ4n) is 9.06. The number of fused-ring (bicyclic) bond motifs is 4. The molecule has 2 N–H and O–H groups in total. The van der Waals surface area contributed by atoms with Gasteiger partial charge in [-0.05, 0) is 65.8 Å². The third-order valence-corrected chi connectivity index (χ3v) is 11.9. The summed E-state index contributed by atoms with van der Waals surface area (Å²) in [4.78, 5) is 63.6. The molecule has 3 heterocycles. The molecule has 2 aliphatic heterocycles. The van der Waals surface area contributed by atoms with Crippen LogP contribution >= 0.6 is 23.2 Å². The second-order valence-corrected chi connectivity index (χ2v) is 15.2. The molecular weight excluding hydrogens is 772 g/mol. The number of benzene rings is 3. The summed E-state index contributed by atoms with van der Waals surface area (Å²) in [5.41, 5.74) is 2.37. The molecule has 3 fully saturated rings. The molecule has 8 rings (SSSR count). The number of carbonyl (C=O) groups excluding carboxylic acids is 4. The van der Waals surface area contributed by atoms with E-state index in [0.717, 1.165) is 10.6 Å². The molecule has 0 radical (unpaired) electrons. The molecule has 3 aromatic carbocycles. The number of hydrazine groups is 1. The Labute approximate surface area is 328 Å². The summed E-state index contributed by atoms with van der Waals surface area (Å²) in [7, 11) is 0. The number of halogens is 5. The van der Waals surface area contributed by atoms with Crippen LogP contribution in [0.2, 0.25) is 10.0 Å². The lowest BCUT2D eigenvalue weighted by Crippen LogP contribution is -2.53. The van der Waals surface area contributed by atoms with E-state index in [-0.39, 0.29) is 50.2 Å². The van der Waals surface area contributed by atoms with Gasteiger partial charge in [0.2, 0.25) is 11.8 Å². The maximum Gasteiger partial charge on any atom is 0.417 e. The van der Waals surface area contributed by atoms with Gasteiger partial charge in [-0.1, -0.05) is 89.4 Å². The highest BCUT2D eigenvalue weighted by Gasteiger charge is 2.70. The smallest absolute Gasteiger partial charge is 0.417 e. The summed E-state index contributed by atoms with van der Waals surface area (Å²) in [5, 5.41) is 9.98. The number of likely N-dealkylation sites (tertiary alicyclic amines) is 1. The van der Waals surface area contributed by atoms with Gasteiger partial charge in [0.25, 0.3) is 11.8 Å². The summed E-state index contributed by atoms with van der Waals surface area (Å²) < 4.78 is 46.1. The molecular formula is C41H33Cl2F3N4O6. The number of imide groups is 2. The second-order valence-electron chi connectivity index (χ2n) is 14.3. The van der Waals surface area contributed by atoms with Gasteiger partial charge in [-0.3, -0.25) is 29.5 Å². The number of ether oxygens (including phenoxy) is 1. The van der Waals surface area contributed by atoms with E-state index in [1.165, 1.54) is 4.90 Å². The Balaban J connectivity index is 1.27. The van der Waals surface area contributed by atoms with Crippen LogP contribution in [0, 0.1) is 23.7 Å². The van der Waals surface area contributed by atoms with Gasteiger partial charge in [0.15, 0.2) is 5.82 Å². The van der Waals surface area contributed by atoms with Crippen molar-refractivity contribution in [2.45, 2.75) is 36.9 Å². The number of aromatic nitrogens is 1. The Kier molecular flexibility index (Phi) is 9.66. The number of anilines is 1. The standard InChI is InChI=1S/C41H33Cl2F3N4O6/c42-26-10-8-24(9-11-26)40-31(37(53)50(39(40)55)48-35-32(43)18-25(20-47-35)41(44,45)46)19-30-28(34(40)23-6-12-27(13-7-23)56-17-16-51)14-15-29-33(30)38(54)49(36(29)52)21-22-4-2-1-3-5-22/h1-14,18,20,29-31,33-34,51H,15-17,19,21H2,(H,47,48)/t29-,30+,31-,33-,34-,40+/m0/s1. The van der Waals surface area contributed by atoms with Crippen LogP contribution in [0.4, 0.5) is 19.0 Å². The molecule has 4 aliphatic rings. The molecule has 0 spiro atoms. The zero-order valence-corrected chi connectivity index (χ0v) is 30.9. The van der Waals surface area contributed by atoms with E-state index in [2.05, 4.69) is 10.4 Å². The summed E-state index contributed by atoms with van der Waals surface area (Å²) in [6.07, 6.45) is -2.06. The van der Waals surface area contributed by atoms with E-state index in [0.29, 0.717) is 39.7 Å². The first kappa shape index (κ1) is 37.7. The highest BCUT2D eigenvalue weighted by Crippen LogP contribution is 2.64. The summed E-state index contributed by atoms with van der Waals surface area (Å²) in [6.45, 7) is -0.0891. The molecule has 1 saturated carbocycles. The first-order valence-corrected chi connectivity index (χ1v) is 18.7. The number of hydrogen-bond donors (Lipinski definition) is 2. The van der Waals surface area contributed by atoms with Crippen LogP contribution in [0.5, 0.6) is 5.75 Å². The van der Waals surface area contributed by atoms with E-state index in [4.69, 9.17) is 27.9 Å². The molecule has 10 nitrogen and oxygen atoms in total. The molecule has 4 amide bonds. The Hall–Kier alpha value is -5.24. The molecule has 288 valence electrons. The predicted molar refractivity (Wildman–Crippen MR) is 198 cm³/mol. The van der Waals surface area contributed by atoms with E-state index < -0.39 is 63.6 Å². The number of nitrogens with one attached hydrogen (secondary N) is 1. The summed E-state index contributed by atoms with van der Waals surface area (Å²) in [5.74, 6) is -6.19. The number of pyridine rings is 1. The topological polar surface area (TPSA) is 129 Å². The average molecular weight is 806 g/mol. The highest BCUT2D eigenvalue weighted by molar-refractivity contribution is 6.33. The zero-order valence-electron chi connectivity index (χ0n) is 29.4. The van der Waals surface area contributed by atoms with Crippen molar-refractivity contribution in [3.8, 4) is 5.75 Å². The Bertz CT molecular complexity index is 2260. The number of nitrogens with zero attached hydrogens (tertiary/aromatic N) is 3. The molecule has 6 atom stereocenters. The van der Waals surface area contributed by atoms with Crippen LogP contribution in [0.1, 0.15) is 41.0 Å². The second kappa shape index (κ2) is 14.4. The monoisotopic (exact) mass is 804 g/mol. The minimum Gasteiger partial charge on any atom is -0.491 e. The lowest BCUT2D eigenvalue weighted by molar-refractivity contribution is -0.142. The highest BCUT2D eigenvalue weighted by atomic mass is 35.5. The SMILES string of the molecule is O=C1[C@H]2[C@H](CC=C3[C@H]2C[C@H]2C(=O)N(Nc4ncc(C(F)(F)F)cc4Cl)C(=O)[C@@]2(c2ccc(Cl)cc2)[C@H]3c2ccc(OCCO)cc2)C(=O)N1Cc1ccccc1. The zero-order chi connectivity index (χ0) is 39.5. The molecule has 2 aliphatic carbocycles. The van der Waals surface area contributed by atoms with E-state index in [9.17, 15) is 32.7 Å². The van der Waals surface area contributed by atoms with Crippen LogP contribution < -0.4 is 10.2 Å². The number of carbonyl (C=O) groups is 4. The van der Waals surface area contributed by atoms with Gasteiger partial charge < -0.3 is 9.84 Å². The third kappa shape index (κ3) is 6.12. The Morgan fingerprint density at radius 1 is 0.911 bits per heavy atom. The van der Waals surface area contributed by atoms with Crippen LogP contribution in [-0.2, 0) is 37.3 Å². The minimum absolute atomic E-state index is 0.00105. The maximum absolute atomic E-state index is 15.3. The van der Waals surface area contributed by atoms with E-state index in [1.807, 2.05) is 36.4 Å². The van der Waals surface area contributed by atoms with Gasteiger partial charge in [-0.25, -0.2) is 4.98 Å². The molecule has 1 aromatic heterocycles. The van der Waals surface area contributed by atoms with E-state index in [1.54, 1.807) is 48.5 Å². The lowest BCUT2D eigenvalue weighted by Gasteiger charge is -2.50. The molecule has 0 bridgehead atoms.